The minimum Gasteiger partial charge on any atom is -0.508 e. The molecule has 1 saturated heterocycles. The van der Waals surface area contributed by atoms with Crippen molar-refractivity contribution in [1.82, 2.24) is 20.0 Å². The second-order valence-electron chi connectivity index (χ2n) is 10.1. The molecule has 7 rings (SSSR count). The third-order valence-corrected chi connectivity index (χ3v) is 7.89. The summed E-state index contributed by atoms with van der Waals surface area (Å²) in [5.41, 5.74) is 3.21. The van der Waals surface area contributed by atoms with Crippen LogP contribution in [-0.2, 0) is 9.53 Å². The fourth-order valence-corrected chi connectivity index (χ4v) is 6.14. The number of carbonyl (C=O) groups is 3. The molecule has 3 aromatic carbocycles. The van der Waals surface area contributed by atoms with Gasteiger partial charge in [-0.2, -0.15) is 5.01 Å². The molecule has 210 valence electrons. The summed E-state index contributed by atoms with van der Waals surface area (Å²) in [6.45, 7) is -0.685. The van der Waals surface area contributed by atoms with E-state index in [4.69, 9.17) is 4.74 Å². The highest BCUT2D eigenvalue weighted by Gasteiger charge is 2.47. The van der Waals surface area contributed by atoms with Crippen LogP contribution in [0.5, 0.6) is 11.5 Å². The molecule has 0 spiro atoms. The van der Waals surface area contributed by atoms with Gasteiger partial charge in [-0.05, 0) is 36.4 Å². The number of aromatic nitrogens is 2. The number of hydrogen-bond donors (Lipinski definition) is 8. The number of hydrazine groups is 1. The summed E-state index contributed by atoms with van der Waals surface area (Å²) < 4.78 is 7.36. The standard InChI is InChI=1S/C27H22N4O10/c32-7-15-22(36)23(37)24(38)27(41-15)30-14-4-2-10(35)6-12(14)17-19-18(25(39)31(26(19)40)28-8-33)16-11-5-9(34)1-3-13(11)29-20(16)21(17)30/h1-6,8,15,22-24,27,29,32,34-38H,7H2,(H,28,33)/t15-,22-,23+,24-,27-/m1/s1. The van der Waals surface area contributed by atoms with E-state index >= 15 is 0 Å². The molecule has 8 N–H and O–H groups in total. The molecule has 0 radical (unpaired) electrons. The van der Waals surface area contributed by atoms with Gasteiger partial charge in [-0.15, -0.1) is 0 Å². The highest BCUT2D eigenvalue weighted by molar-refractivity contribution is 6.39. The zero-order valence-electron chi connectivity index (χ0n) is 20.8. The highest BCUT2D eigenvalue weighted by Crippen LogP contribution is 2.47. The molecule has 2 aliphatic heterocycles. The second kappa shape index (κ2) is 8.63. The van der Waals surface area contributed by atoms with Gasteiger partial charge < -0.3 is 44.9 Å². The van der Waals surface area contributed by atoms with Gasteiger partial charge in [0.05, 0.1) is 34.3 Å². The number of phenols is 2. The Morgan fingerprint density at radius 3 is 2.24 bits per heavy atom. The van der Waals surface area contributed by atoms with Gasteiger partial charge in [-0.25, -0.2) is 0 Å². The fourth-order valence-electron chi connectivity index (χ4n) is 6.14. The first-order valence-electron chi connectivity index (χ1n) is 12.5. The number of carbonyl (C=O) groups excluding carboxylic acids is 3. The highest BCUT2D eigenvalue weighted by atomic mass is 16.6. The van der Waals surface area contributed by atoms with Crippen molar-refractivity contribution in [3.05, 3.63) is 47.5 Å². The van der Waals surface area contributed by atoms with Crippen LogP contribution >= 0.6 is 0 Å². The molecule has 0 saturated carbocycles. The van der Waals surface area contributed by atoms with E-state index in [2.05, 4.69) is 10.4 Å². The van der Waals surface area contributed by atoms with Crippen LogP contribution in [-0.4, -0.2) is 94.4 Å². The first kappa shape index (κ1) is 25.3. The number of benzene rings is 3. The van der Waals surface area contributed by atoms with Gasteiger partial charge in [0.25, 0.3) is 11.8 Å². The van der Waals surface area contributed by atoms with Crippen LogP contribution in [0.2, 0.25) is 0 Å². The van der Waals surface area contributed by atoms with Crippen LogP contribution in [0.3, 0.4) is 0 Å². The van der Waals surface area contributed by atoms with Crippen molar-refractivity contribution < 1.29 is 49.8 Å². The molecule has 5 aromatic rings. The van der Waals surface area contributed by atoms with Gasteiger partial charge in [0.2, 0.25) is 6.41 Å². The topological polar surface area (TPSA) is 218 Å². The van der Waals surface area contributed by atoms with Crippen LogP contribution in [0, 0.1) is 0 Å². The van der Waals surface area contributed by atoms with Gasteiger partial charge in [0.1, 0.15) is 35.9 Å². The summed E-state index contributed by atoms with van der Waals surface area (Å²) in [5, 5.41) is 64.3. The van der Waals surface area contributed by atoms with E-state index < -0.39 is 49.1 Å². The van der Waals surface area contributed by atoms with Crippen molar-refractivity contribution in [3.8, 4) is 11.5 Å². The zero-order valence-corrected chi connectivity index (χ0v) is 20.8. The molecule has 4 heterocycles. The second-order valence-corrected chi connectivity index (χ2v) is 10.1. The molecular formula is C27H22N4O10. The largest absolute Gasteiger partial charge is 0.508 e. The van der Waals surface area contributed by atoms with Gasteiger partial charge >= 0.3 is 0 Å². The minimum atomic E-state index is -1.73. The SMILES string of the molecule is O=CNN1C(=O)c2c(c3c4cc(O)ccc4n([C@@H]4O[C@H](CO)[C@@H](O)[C@H](O)[C@H]4O)c3c3[nH]c4ccc(O)cc4c23)C1=O. The Hall–Kier alpha value is -4.73. The maximum atomic E-state index is 13.7. The normalized spacial score (nSPS) is 24.7. The third kappa shape index (κ3) is 3.21. The first-order chi connectivity index (χ1) is 19.7. The summed E-state index contributed by atoms with van der Waals surface area (Å²) >= 11 is 0. The van der Waals surface area contributed by atoms with Gasteiger partial charge in [0, 0.05) is 27.1 Å². The van der Waals surface area contributed by atoms with Crippen molar-refractivity contribution in [2.75, 3.05) is 6.61 Å². The third-order valence-electron chi connectivity index (χ3n) is 7.89. The predicted octanol–water partition coefficient (Wildman–Crippen LogP) is 0.0696. The maximum absolute atomic E-state index is 13.7. The molecule has 0 bridgehead atoms. The smallest absolute Gasteiger partial charge is 0.281 e. The average Bonchev–Trinajstić information content (AvgIpc) is 3.56. The number of phenolic OH excluding ortho intramolecular Hbond substituents is 2. The number of amides is 3. The first-order valence-corrected chi connectivity index (χ1v) is 12.5. The number of aliphatic hydroxyl groups excluding tert-OH is 4. The number of nitrogens with one attached hydrogen (secondary N) is 2. The van der Waals surface area contributed by atoms with Crippen molar-refractivity contribution >= 4 is 61.8 Å². The van der Waals surface area contributed by atoms with Crippen molar-refractivity contribution in [1.29, 1.82) is 0 Å². The van der Waals surface area contributed by atoms with Crippen molar-refractivity contribution in [3.63, 3.8) is 0 Å². The number of aliphatic hydroxyl groups is 4. The molecule has 3 amide bonds. The number of aromatic hydroxyl groups is 2. The van der Waals surface area contributed by atoms with Crippen LogP contribution in [0.1, 0.15) is 26.9 Å². The summed E-state index contributed by atoms with van der Waals surface area (Å²) in [6, 6.07) is 8.59. The lowest BCUT2D eigenvalue weighted by atomic mass is 9.96. The maximum Gasteiger partial charge on any atom is 0.281 e. The number of imide groups is 1. The molecule has 0 unspecified atom stereocenters. The Balaban J connectivity index is 1.71. The van der Waals surface area contributed by atoms with Crippen LogP contribution in [0.25, 0.3) is 43.6 Å². The molecule has 2 aliphatic rings. The Morgan fingerprint density at radius 2 is 1.56 bits per heavy atom. The Kier molecular flexibility index (Phi) is 5.32. The number of nitrogens with zero attached hydrogens (tertiary/aromatic N) is 2. The Labute approximate surface area is 228 Å². The lowest BCUT2D eigenvalue weighted by Gasteiger charge is -2.41. The number of hydrogen-bond acceptors (Lipinski definition) is 10. The van der Waals surface area contributed by atoms with E-state index in [1.807, 2.05) is 0 Å². The number of fused-ring (bicyclic) bond motifs is 10. The van der Waals surface area contributed by atoms with Crippen LogP contribution in [0.4, 0.5) is 0 Å². The molecule has 14 heteroatoms. The summed E-state index contributed by atoms with van der Waals surface area (Å²) in [7, 11) is 0. The van der Waals surface area contributed by atoms with Crippen LogP contribution in [0.15, 0.2) is 36.4 Å². The Morgan fingerprint density at radius 1 is 0.902 bits per heavy atom. The molecule has 0 aliphatic carbocycles. The number of H-pyrrole nitrogens is 1. The minimum absolute atomic E-state index is 0.0695. The van der Waals surface area contributed by atoms with E-state index in [0.29, 0.717) is 21.4 Å². The van der Waals surface area contributed by atoms with E-state index in [-0.39, 0.29) is 56.2 Å². The van der Waals surface area contributed by atoms with E-state index in [0.717, 1.165) is 0 Å². The van der Waals surface area contributed by atoms with Crippen LogP contribution < -0.4 is 5.43 Å². The molecule has 14 nitrogen and oxygen atoms in total. The lowest BCUT2D eigenvalue weighted by molar-refractivity contribution is -0.249. The molecule has 5 atom stereocenters. The van der Waals surface area contributed by atoms with E-state index in [9.17, 15) is 45.0 Å². The quantitative estimate of drug-likeness (QED) is 0.109. The van der Waals surface area contributed by atoms with Gasteiger partial charge in [-0.3, -0.25) is 19.8 Å². The summed E-state index contributed by atoms with van der Waals surface area (Å²) in [4.78, 5) is 41.8. The van der Waals surface area contributed by atoms with Crippen molar-refractivity contribution in [2.45, 2.75) is 30.6 Å². The molecule has 41 heavy (non-hydrogen) atoms. The van der Waals surface area contributed by atoms with Gasteiger partial charge in [0.15, 0.2) is 6.23 Å². The summed E-state index contributed by atoms with van der Waals surface area (Å²) in [6.07, 6.45) is -7.58. The average molecular weight is 562 g/mol. The van der Waals surface area contributed by atoms with Gasteiger partial charge in [-0.1, -0.05) is 0 Å². The predicted molar refractivity (Wildman–Crippen MR) is 141 cm³/mol. The fraction of sp³-hybridized carbons (Fsp3) is 0.222. The lowest BCUT2D eigenvalue weighted by Crippen LogP contribution is -2.56. The molecule has 2 aromatic heterocycles. The van der Waals surface area contributed by atoms with Crippen molar-refractivity contribution in [2.24, 2.45) is 0 Å². The number of aromatic amines is 1. The number of ether oxygens (including phenoxy) is 1. The van der Waals surface area contributed by atoms with E-state index in [1.54, 1.807) is 6.07 Å². The summed E-state index contributed by atoms with van der Waals surface area (Å²) in [5.74, 6) is -2.00. The Bertz CT molecular complexity index is 1960. The molecule has 1 fully saturated rings. The van der Waals surface area contributed by atoms with E-state index in [1.165, 1.54) is 34.9 Å². The zero-order chi connectivity index (χ0) is 28.9. The molecular weight excluding hydrogens is 540 g/mol. The number of rotatable bonds is 4. The monoisotopic (exact) mass is 562 g/mol.